The number of rotatable bonds is 6. The number of benzene rings is 9. The maximum Gasteiger partial charge on any atom is 0.0974 e. The summed E-state index contributed by atoms with van der Waals surface area (Å²) in [5.41, 5.74) is 13.8. The molecular formula is C56H40N2. The van der Waals surface area contributed by atoms with Crippen molar-refractivity contribution >= 4 is 64.9 Å². The lowest BCUT2D eigenvalue weighted by atomic mass is 9.84. The van der Waals surface area contributed by atoms with E-state index in [0.717, 1.165) is 46.0 Å². The minimum absolute atomic E-state index is 0.849. The van der Waals surface area contributed by atoms with E-state index in [-0.39, 0.29) is 0 Å². The highest BCUT2D eigenvalue weighted by Gasteiger charge is 2.19. The van der Waals surface area contributed by atoms with Gasteiger partial charge in [-0.2, -0.15) is 0 Å². The maximum absolute atomic E-state index is 5.17. The van der Waals surface area contributed by atoms with E-state index in [1.165, 1.54) is 87.6 Å². The van der Waals surface area contributed by atoms with Crippen molar-refractivity contribution in [1.82, 2.24) is 9.97 Å². The number of pyridine rings is 2. The van der Waals surface area contributed by atoms with Gasteiger partial charge in [0.05, 0.1) is 11.0 Å². The Balaban J connectivity index is 1.16. The van der Waals surface area contributed by atoms with Crippen LogP contribution in [-0.4, -0.2) is 9.97 Å². The number of hydrogen-bond acceptors (Lipinski definition) is 2. The van der Waals surface area contributed by atoms with Crippen molar-refractivity contribution in [3.05, 3.63) is 193 Å². The maximum atomic E-state index is 5.17. The molecule has 0 amide bonds. The molecule has 9 aromatic carbocycles. The fourth-order valence-electron chi connectivity index (χ4n) is 9.12. The highest BCUT2D eigenvalue weighted by Crippen LogP contribution is 2.46. The Bertz CT molecular complexity index is 3430. The molecule has 0 bridgehead atoms. The number of aryl methyl sites for hydroxylation is 2. The second-order valence-corrected chi connectivity index (χ2v) is 15.5. The normalized spacial score (nSPS) is 11.8. The molecule has 58 heavy (non-hydrogen) atoms. The van der Waals surface area contributed by atoms with Crippen molar-refractivity contribution in [1.29, 1.82) is 0 Å². The largest absolute Gasteiger partial charge is 0.251 e. The predicted octanol–water partition coefficient (Wildman–Crippen LogP) is 15.2. The smallest absolute Gasteiger partial charge is 0.0974 e. The van der Waals surface area contributed by atoms with Gasteiger partial charge in [-0.1, -0.05) is 159 Å². The molecule has 0 unspecified atom stereocenters. The second-order valence-electron chi connectivity index (χ2n) is 15.5. The average molecular weight is 741 g/mol. The van der Waals surface area contributed by atoms with Gasteiger partial charge in [0.1, 0.15) is 0 Å². The summed E-state index contributed by atoms with van der Waals surface area (Å²) in [6, 6.07) is 67.3. The highest BCUT2D eigenvalue weighted by atomic mass is 14.8. The summed E-state index contributed by atoms with van der Waals surface area (Å²) in [6.45, 7) is 4.34. The highest BCUT2D eigenvalue weighted by molar-refractivity contribution is 6.22. The number of aromatic nitrogens is 2. The van der Waals surface area contributed by atoms with E-state index in [9.17, 15) is 0 Å². The first-order valence-corrected chi connectivity index (χ1v) is 20.4. The van der Waals surface area contributed by atoms with E-state index in [2.05, 4.69) is 196 Å². The van der Waals surface area contributed by atoms with Crippen molar-refractivity contribution in [2.24, 2.45) is 0 Å². The quantitative estimate of drug-likeness (QED) is 0.125. The van der Waals surface area contributed by atoms with Crippen LogP contribution in [0.4, 0.5) is 0 Å². The molecule has 0 radical (unpaired) electrons. The zero-order valence-corrected chi connectivity index (χ0v) is 32.6. The molecule has 0 fully saturated rings. The van der Waals surface area contributed by atoms with Gasteiger partial charge in [0.15, 0.2) is 0 Å². The molecule has 0 aliphatic rings. The van der Waals surface area contributed by atoms with Gasteiger partial charge in [-0.25, -0.2) is 0 Å². The summed E-state index contributed by atoms with van der Waals surface area (Å²) in [5.74, 6) is 0. The first-order valence-electron chi connectivity index (χ1n) is 20.4. The molecule has 11 aromatic rings. The number of hydrogen-bond donors (Lipinski definition) is 0. The van der Waals surface area contributed by atoms with Crippen molar-refractivity contribution in [2.75, 3.05) is 0 Å². The summed E-state index contributed by atoms with van der Waals surface area (Å²) in [6.07, 6.45) is 1.74. The van der Waals surface area contributed by atoms with Crippen LogP contribution in [0.2, 0.25) is 0 Å². The third-order valence-electron chi connectivity index (χ3n) is 12.1. The van der Waals surface area contributed by atoms with E-state index >= 15 is 0 Å². The number of fused-ring (bicyclic) bond motifs is 7. The van der Waals surface area contributed by atoms with Gasteiger partial charge in [-0.05, 0) is 137 Å². The van der Waals surface area contributed by atoms with E-state index in [1.807, 2.05) is 0 Å². The Morgan fingerprint density at radius 3 is 1.52 bits per heavy atom. The monoisotopic (exact) mass is 740 g/mol. The van der Waals surface area contributed by atoms with Crippen LogP contribution in [-0.2, 0) is 12.8 Å². The summed E-state index contributed by atoms with van der Waals surface area (Å²) < 4.78 is 0. The van der Waals surface area contributed by atoms with Crippen molar-refractivity contribution < 1.29 is 0 Å². The van der Waals surface area contributed by atoms with Crippen LogP contribution >= 0.6 is 0 Å². The SMILES string of the molecule is CCc1ccc2ccc3c(-c4cccc(-c5ccc6c(-c7ccc8ccccc8c7)c7ccccc7c(-c7ccc8ccccc8c7)c6c5)c4)cc(CC)nc3c2n1. The molecule has 2 nitrogen and oxygen atoms in total. The van der Waals surface area contributed by atoms with Gasteiger partial charge in [0.2, 0.25) is 0 Å². The molecular weight excluding hydrogens is 701 g/mol. The fraction of sp³-hybridized carbons (Fsp3) is 0.0714. The van der Waals surface area contributed by atoms with Crippen LogP contribution in [0.25, 0.3) is 109 Å². The van der Waals surface area contributed by atoms with E-state index in [4.69, 9.17) is 9.97 Å². The molecule has 0 aliphatic carbocycles. The van der Waals surface area contributed by atoms with Crippen molar-refractivity contribution in [3.63, 3.8) is 0 Å². The summed E-state index contributed by atoms with van der Waals surface area (Å²) >= 11 is 0. The zero-order valence-electron chi connectivity index (χ0n) is 32.6. The Morgan fingerprint density at radius 2 is 0.828 bits per heavy atom. The molecule has 2 aromatic heterocycles. The van der Waals surface area contributed by atoms with Gasteiger partial charge in [0.25, 0.3) is 0 Å². The Morgan fingerprint density at radius 1 is 0.310 bits per heavy atom. The van der Waals surface area contributed by atoms with E-state index in [0.29, 0.717) is 0 Å². The minimum atomic E-state index is 0.849. The molecule has 0 atom stereocenters. The van der Waals surface area contributed by atoms with Crippen LogP contribution < -0.4 is 0 Å². The Labute approximate surface area is 338 Å². The molecule has 0 spiro atoms. The van der Waals surface area contributed by atoms with Crippen LogP contribution in [0.15, 0.2) is 182 Å². The lowest BCUT2D eigenvalue weighted by molar-refractivity contribution is 1.05. The molecule has 2 heterocycles. The van der Waals surface area contributed by atoms with E-state index < -0.39 is 0 Å². The molecule has 0 saturated heterocycles. The molecule has 0 N–H and O–H groups in total. The predicted molar refractivity (Wildman–Crippen MR) is 248 cm³/mol. The van der Waals surface area contributed by atoms with Gasteiger partial charge < -0.3 is 0 Å². The summed E-state index contributed by atoms with van der Waals surface area (Å²) in [4.78, 5) is 10.2. The minimum Gasteiger partial charge on any atom is -0.251 e. The number of nitrogens with zero attached hydrogens (tertiary/aromatic N) is 2. The second kappa shape index (κ2) is 13.8. The third kappa shape index (κ3) is 5.64. The van der Waals surface area contributed by atoms with Crippen LogP contribution in [0.5, 0.6) is 0 Å². The lowest BCUT2D eigenvalue weighted by Crippen LogP contribution is -1.96. The van der Waals surface area contributed by atoms with Crippen LogP contribution in [0.3, 0.4) is 0 Å². The van der Waals surface area contributed by atoms with Gasteiger partial charge in [-0.15, -0.1) is 0 Å². The van der Waals surface area contributed by atoms with Crippen LogP contribution in [0, 0.1) is 0 Å². The molecule has 274 valence electrons. The molecule has 0 aliphatic heterocycles. The zero-order chi connectivity index (χ0) is 38.7. The van der Waals surface area contributed by atoms with E-state index in [1.54, 1.807) is 0 Å². The molecule has 0 saturated carbocycles. The standard InChI is InChI=1S/C56H40N2/c1-3-45-27-24-37-25-29-50-51(34-46(4-2)58-56(50)55(37)57-45)42-17-11-16-40(30-42)41-26-28-49-52(33-41)54(44-23-21-36-13-6-8-15-39(36)32-44)48-19-10-9-18-47(48)53(49)43-22-20-35-12-5-7-14-38(35)31-43/h5-34H,3-4H2,1-2H3. The van der Waals surface area contributed by atoms with Crippen molar-refractivity contribution in [3.8, 4) is 44.5 Å². The molecule has 11 rings (SSSR count). The Hall–Kier alpha value is -7.16. The Kier molecular flexibility index (Phi) is 8.11. The lowest BCUT2D eigenvalue weighted by Gasteiger charge is -2.19. The molecule has 2 heteroatoms. The third-order valence-corrected chi connectivity index (χ3v) is 12.1. The fourth-order valence-corrected chi connectivity index (χ4v) is 9.12. The average Bonchev–Trinajstić information content (AvgIpc) is 3.29. The van der Waals surface area contributed by atoms with Gasteiger partial charge >= 0.3 is 0 Å². The van der Waals surface area contributed by atoms with Crippen molar-refractivity contribution in [2.45, 2.75) is 26.7 Å². The first kappa shape index (κ1) is 34.1. The first-order chi connectivity index (χ1) is 28.6. The van der Waals surface area contributed by atoms with Gasteiger partial charge in [-0.3, -0.25) is 9.97 Å². The summed E-state index contributed by atoms with van der Waals surface area (Å²) in [5, 5.41) is 12.2. The topological polar surface area (TPSA) is 25.8 Å². The van der Waals surface area contributed by atoms with Crippen LogP contribution in [0.1, 0.15) is 25.2 Å². The summed E-state index contributed by atoms with van der Waals surface area (Å²) in [7, 11) is 0. The van der Waals surface area contributed by atoms with Gasteiger partial charge in [0, 0.05) is 22.2 Å².